The van der Waals surface area contributed by atoms with Crippen molar-refractivity contribution in [2.45, 2.75) is 19.6 Å². The molecule has 7 nitrogen and oxygen atoms in total. The molecule has 0 bridgehead atoms. The van der Waals surface area contributed by atoms with Crippen LogP contribution in [-0.2, 0) is 19.1 Å². The van der Waals surface area contributed by atoms with Crippen LogP contribution in [0.1, 0.15) is 19.4 Å². The van der Waals surface area contributed by atoms with E-state index in [0.29, 0.717) is 11.3 Å². The van der Waals surface area contributed by atoms with Gasteiger partial charge in [-0.05, 0) is 29.8 Å². The number of nitrogens with zero attached hydrogens (tertiary/aromatic N) is 2. The van der Waals surface area contributed by atoms with E-state index in [2.05, 4.69) is 9.97 Å². The van der Waals surface area contributed by atoms with Gasteiger partial charge in [0.2, 0.25) is 0 Å². The molecule has 1 saturated heterocycles. The molecular weight excluding hydrogens is 312 g/mol. The maximum absolute atomic E-state index is 12.0. The molecule has 0 spiro atoms. The highest BCUT2D eigenvalue weighted by Crippen LogP contribution is 2.25. The van der Waals surface area contributed by atoms with Gasteiger partial charge < -0.3 is 14.2 Å². The summed E-state index contributed by atoms with van der Waals surface area (Å²) in [6.45, 7) is 2.99. The molecule has 0 atom stereocenters. The molecule has 2 aromatic rings. The fourth-order valence-electron chi connectivity index (χ4n) is 2.06. The minimum Gasteiger partial charge on any atom is -0.424 e. The Labute approximate surface area is 137 Å². The summed E-state index contributed by atoms with van der Waals surface area (Å²) < 4.78 is 15.6. The van der Waals surface area contributed by atoms with Gasteiger partial charge in [0.1, 0.15) is 11.3 Å². The average molecular weight is 326 g/mol. The zero-order chi connectivity index (χ0) is 17.2. The molecule has 1 aromatic heterocycles. The topological polar surface area (TPSA) is 87.6 Å². The van der Waals surface area contributed by atoms with Crippen LogP contribution in [0.4, 0.5) is 0 Å². The van der Waals surface area contributed by atoms with Gasteiger partial charge in [0.05, 0.1) is 0 Å². The van der Waals surface area contributed by atoms with Crippen LogP contribution >= 0.6 is 0 Å². The second-order valence-corrected chi connectivity index (χ2v) is 5.44. The van der Waals surface area contributed by atoms with Crippen molar-refractivity contribution >= 4 is 18.0 Å². The lowest BCUT2D eigenvalue weighted by molar-refractivity contribution is -0.222. The largest absolute Gasteiger partial charge is 0.424 e. The van der Waals surface area contributed by atoms with Gasteiger partial charge in [0, 0.05) is 26.2 Å². The Morgan fingerprint density at radius 2 is 1.71 bits per heavy atom. The van der Waals surface area contributed by atoms with E-state index in [9.17, 15) is 9.59 Å². The lowest BCUT2D eigenvalue weighted by atomic mass is 10.1. The average Bonchev–Trinajstić information content (AvgIpc) is 2.51. The summed E-state index contributed by atoms with van der Waals surface area (Å²) in [5.41, 5.74) is 0.398. The van der Waals surface area contributed by atoms with Crippen molar-refractivity contribution in [3.63, 3.8) is 0 Å². The summed E-state index contributed by atoms with van der Waals surface area (Å²) in [5.74, 6) is -2.25. The van der Waals surface area contributed by atoms with Gasteiger partial charge in [-0.15, -0.1) is 0 Å². The predicted molar refractivity (Wildman–Crippen MR) is 82.8 cm³/mol. The van der Waals surface area contributed by atoms with Crippen LogP contribution in [0.25, 0.3) is 6.08 Å². The summed E-state index contributed by atoms with van der Waals surface area (Å²) in [6, 6.07) is 8.65. The summed E-state index contributed by atoms with van der Waals surface area (Å²) in [5, 5.41) is 0. The van der Waals surface area contributed by atoms with Gasteiger partial charge in [-0.2, -0.15) is 0 Å². The molecule has 2 heterocycles. The Bertz CT molecular complexity index is 793. The molecule has 0 radical (unpaired) electrons. The molecule has 122 valence electrons. The van der Waals surface area contributed by atoms with Gasteiger partial charge >= 0.3 is 17.9 Å². The Hall–Kier alpha value is -3.22. The van der Waals surface area contributed by atoms with E-state index < -0.39 is 17.7 Å². The second-order valence-electron chi connectivity index (χ2n) is 5.44. The SMILES string of the molecule is CC1(C)OC(=O)C(=Cc2cccc(Oc3ncccn3)c2)C(=O)O1. The minimum atomic E-state index is -1.26. The van der Waals surface area contributed by atoms with Crippen molar-refractivity contribution in [1.82, 2.24) is 9.97 Å². The van der Waals surface area contributed by atoms with Crippen LogP contribution in [0.15, 0.2) is 48.3 Å². The van der Waals surface area contributed by atoms with E-state index in [1.54, 1.807) is 42.7 Å². The zero-order valence-corrected chi connectivity index (χ0v) is 13.1. The predicted octanol–water partition coefficient (Wildman–Crippen LogP) is 2.49. The standard InChI is InChI=1S/C17H14N2O5/c1-17(2)23-14(20)13(15(21)24-17)10-11-5-3-6-12(9-11)22-16-18-7-4-8-19-16/h3-10H,1-2H3. The number of hydrogen-bond donors (Lipinski definition) is 0. The molecule has 24 heavy (non-hydrogen) atoms. The van der Waals surface area contributed by atoms with E-state index in [1.807, 2.05) is 0 Å². The number of ether oxygens (including phenoxy) is 3. The number of benzene rings is 1. The number of carbonyl (C=O) groups excluding carboxylic acids is 2. The zero-order valence-electron chi connectivity index (χ0n) is 13.1. The lowest BCUT2D eigenvalue weighted by Crippen LogP contribution is -2.41. The first-order chi connectivity index (χ1) is 11.4. The molecule has 1 aromatic carbocycles. The molecule has 1 aliphatic rings. The molecule has 0 amide bonds. The minimum absolute atomic E-state index is 0.178. The molecule has 0 saturated carbocycles. The van der Waals surface area contributed by atoms with Crippen molar-refractivity contribution in [2.75, 3.05) is 0 Å². The van der Waals surface area contributed by atoms with Crippen LogP contribution in [0, 0.1) is 0 Å². The second kappa shape index (κ2) is 6.11. The van der Waals surface area contributed by atoms with Gasteiger partial charge in [-0.3, -0.25) is 0 Å². The molecule has 0 unspecified atom stereocenters. The van der Waals surface area contributed by atoms with Crippen LogP contribution in [0.3, 0.4) is 0 Å². The van der Waals surface area contributed by atoms with Gasteiger partial charge in [-0.1, -0.05) is 12.1 Å². The highest BCUT2D eigenvalue weighted by Gasteiger charge is 2.38. The van der Waals surface area contributed by atoms with Crippen molar-refractivity contribution < 1.29 is 23.8 Å². The van der Waals surface area contributed by atoms with Gasteiger partial charge in [0.15, 0.2) is 0 Å². The number of carbonyl (C=O) groups is 2. The van der Waals surface area contributed by atoms with E-state index in [4.69, 9.17) is 14.2 Å². The molecule has 0 N–H and O–H groups in total. The summed E-state index contributed by atoms with van der Waals surface area (Å²) >= 11 is 0. The fraction of sp³-hybridized carbons (Fsp3) is 0.176. The normalized spacial score (nSPS) is 16.2. The highest BCUT2D eigenvalue weighted by molar-refractivity contribution is 6.18. The number of aromatic nitrogens is 2. The third kappa shape index (κ3) is 3.57. The van der Waals surface area contributed by atoms with Gasteiger partial charge in [-0.25, -0.2) is 19.6 Å². The Morgan fingerprint density at radius 3 is 2.38 bits per heavy atom. The smallest absolute Gasteiger partial charge is 0.348 e. The molecule has 7 heteroatoms. The molecule has 0 aliphatic carbocycles. The molecule has 3 rings (SSSR count). The van der Waals surface area contributed by atoms with Crippen LogP contribution in [-0.4, -0.2) is 27.7 Å². The van der Waals surface area contributed by atoms with Crippen LogP contribution in [0.2, 0.25) is 0 Å². The van der Waals surface area contributed by atoms with E-state index in [0.717, 1.165) is 0 Å². The highest BCUT2D eigenvalue weighted by atomic mass is 16.7. The molecule has 1 aliphatic heterocycles. The number of rotatable bonds is 3. The summed E-state index contributed by atoms with van der Waals surface area (Å²) in [4.78, 5) is 31.8. The van der Waals surface area contributed by atoms with E-state index in [-0.39, 0.29) is 11.6 Å². The first-order valence-electron chi connectivity index (χ1n) is 7.16. The lowest BCUT2D eigenvalue weighted by Gasteiger charge is -2.29. The monoisotopic (exact) mass is 326 g/mol. The van der Waals surface area contributed by atoms with Crippen molar-refractivity contribution in [2.24, 2.45) is 0 Å². The van der Waals surface area contributed by atoms with Crippen molar-refractivity contribution in [3.05, 3.63) is 53.9 Å². The fourth-order valence-corrected chi connectivity index (χ4v) is 2.06. The van der Waals surface area contributed by atoms with Crippen molar-refractivity contribution in [3.8, 4) is 11.8 Å². The number of esters is 2. The third-order valence-electron chi connectivity index (χ3n) is 3.04. The van der Waals surface area contributed by atoms with Crippen LogP contribution in [0.5, 0.6) is 11.8 Å². The Morgan fingerprint density at radius 1 is 1.04 bits per heavy atom. The Balaban J connectivity index is 1.84. The number of hydrogen-bond acceptors (Lipinski definition) is 7. The summed E-state index contributed by atoms with van der Waals surface area (Å²) in [6.07, 6.45) is 4.51. The summed E-state index contributed by atoms with van der Waals surface area (Å²) in [7, 11) is 0. The Kier molecular flexibility index (Phi) is 3.99. The van der Waals surface area contributed by atoms with E-state index >= 15 is 0 Å². The quantitative estimate of drug-likeness (QED) is 0.486. The third-order valence-corrected chi connectivity index (χ3v) is 3.04. The first kappa shape index (κ1) is 15.7. The first-order valence-corrected chi connectivity index (χ1v) is 7.16. The molecular formula is C17H14N2O5. The maximum atomic E-state index is 12.0. The van der Waals surface area contributed by atoms with Crippen molar-refractivity contribution in [1.29, 1.82) is 0 Å². The number of cyclic esters (lactones) is 2. The van der Waals surface area contributed by atoms with Gasteiger partial charge in [0.25, 0.3) is 5.79 Å². The van der Waals surface area contributed by atoms with Crippen LogP contribution < -0.4 is 4.74 Å². The maximum Gasteiger partial charge on any atom is 0.348 e. The van der Waals surface area contributed by atoms with E-state index in [1.165, 1.54) is 19.9 Å². The molecule has 1 fully saturated rings.